The van der Waals surface area contributed by atoms with Gasteiger partial charge >= 0.3 is 0 Å². The van der Waals surface area contributed by atoms with E-state index in [1.165, 1.54) is 0 Å². The molecular weight excluding hydrogens is 315 g/mol. The predicted molar refractivity (Wildman–Crippen MR) is 50.1 cm³/mol. The molecule has 48 valence electrons. The van der Waals surface area contributed by atoms with Gasteiger partial charge in [0.2, 0.25) is 0 Å². The molecule has 0 fully saturated rings. The summed E-state index contributed by atoms with van der Waals surface area (Å²) in [5.41, 5.74) is 0.771. The van der Waals surface area contributed by atoms with Crippen LogP contribution in [-0.4, -0.2) is 6.29 Å². The first-order valence-corrected chi connectivity index (χ1v) is 4.83. The van der Waals surface area contributed by atoms with Gasteiger partial charge in [0.1, 0.15) is 0 Å². The molecule has 1 nitrogen and oxygen atoms in total. The minimum Gasteiger partial charge on any atom is -0.298 e. The second kappa shape index (κ2) is 3.12. The molecule has 0 amide bonds. The van der Waals surface area contributed by atoms with Gasteiger partial charge in [0.05, 0.1) is 6.67 Å². The van der Waals surface area contributed by atoms with Crippen LogP contribution in [0.2, 0.25) is 0 Å². The number of carbonyl (C=O) groups is 1. The fraction of sp³-hybridized carbons (Fsp3) is 0. The Balaban J connectivity index is 3.15. The molecule has 0 spiro atoms. The molecule has 0 unspecified atom stereocenters. The number of carbonyl (C=O) groups excluding carboxylic acids is 1. The summed E-state index contributed by atoms with van der Waals surface area (Å²) in [5.74, 6) is 0. The van der Waals surface area contributed by atoms with Gasteiger partial charge in [-0.25, -0.2) is 0 Å². The lowest BCUT2D eigenvalue weighted by molar-refractivity contribution is 0.112. The molecule has 0 saturated heterocycles. The van der Waals surface area contributed by atoms with Crippen LogP contribution in [0.4, 0.5) is 0 Å². The van der Waals surface area contributed by atoms with Crippen molar-refractivity contribution in [1.29, 1.82) is 0 Å². The highest BCUT2D eigenvalue weighted by molar-refractivity contribution is 14.1. The van der Waals surface area contributed by atoms with E-state index in [1.54, 1.807) is 11.3 Å². The van der Waals surface area contributed by atoms with Crippen molar-refractivity contribution in [2.24, 2.45) is 0 Å². The molecule has 0 aliphatic heterocycles. The second-order valence-electron chi connectivity index (χ2n) is 1.40. The molecule has 1 aromatic rings. The van der Waals surface area contributed by atoms with Crippen molar-refractivity contribution in [1.82, 2.24) is 0 Å². The van der Waals surface area contributed by atoms with Crippen LogP contribution in [-0.2, 0) is 0 Å². The minimum atomic E-state index is 0.771. The Kier molecular flexibility index (Phi) is 2.66. The van der Waals surface area contributed by atoms with Gasteiger partial charge in [-0.3, -0.25) is 4.79 Å². The standard InChI is InChI=1S/C5H2BrIOS/c6-4-1-3(2-8)5(7)9-4/h1-2H. The summed E-state index contributed by atoms with van der Waals surface area (Å²) in [5, 5.41) is 0. The van der Waals surface area contributed by atoms with E-state index in [4.69, 9.17) is 0 Å². The molecule has 1 aromatic heterocycles. The summed E-state index contributed by atoms with van der Waals surface area (Å²) < 4.78 is 2.04. The topological polar surface area (TPSA) is 17.1 Å². The maximum Gasteiger partial charge on any atom is 0.152 e. The lowest BCUT2D eigenvalue weighted by Crippen LogP contribution is -1.72. The summed E-state index contributed by atoms with van der Waals surface area (Å²) >= 11 is 6.98. The molecule has 0 aliphatic carbocycles. The van der Waals surface area contributed by atoms with Crippen LogP contribution in [0.5, 0.6) is 0 Å². The van der Waals surface area contributed by atoms with Gasteiger partial charge < -0.3 is 0 Å². The molecular formula is C5H2BrIOS. The maximum absolute atomic E-state index is 10.2. The Labute approximate surface area is 78.7 Å². The van der Waals surface area contributed by atoms with Crippen molar-refractivity contribution in [2.45, 2.75) is 0 Å². The number of hydrogen-bond acceptors (Lipinski definition) is 2. The number of rotatable bonds is 1. The largest absolute Gasteiger partial charge is 0.298 e. The van der Waals surface area contributed by atoms with Gasteiger partial charge in [0, 0.05) is 5.56 Å². The minimum absolute atomic E-state index is 0.771. The Hall–Kier alpha value is 0.580. The lowest BCUT2D eigenvalue weighted by Gasteiger charge is -1.76. The van der Waals surface area contributed by atoms with Gasteiger partial charge in [-0.15, -0.1) is 11.3 Å². The van der Waals surface area contributed by atoms with Crippen molar-refractivity contribution < 1.29 is 4.79 Å². The van der Waals surface area contributed by atoms with E-state index in [0.717, 1.165) is 18.5 Å². The van der Waals surface area contributed by atoms with Crippen molar-refractivity contribution in [3.63, 3.8) is 0 Å². The number of halogens is 2. The molecule has 9 heavy (non-hydrogen) atoms. The SMILES string of the molecule is O=Cc1cc(Br)sc1I. The van der Waals surface area contributed by atoms with Crippen molar-refractivity contribution >= 4 is 56.1 Å². The summed E-state index contributed by atoms with van der Waals surface area (Å²) in [6, 6.07) is 1.82. The van der Waals surface area contributed by atoms with Crippen LogP contribution in [0.3, 0.4) is 0 Å². The first-order valence-electron chi connectivity index (χ1n) is 2.14. The van der Waals surface area contributed by atoms with E-state index in [-0.39, 0.29) is 0 Å². The number of aldehydes is 1. The Morgan fingerprint density at radius 2 is 2.44 bits per heavy atom. The van der Waals surface area contributed by atoms with Gasteiger partial charge in [-0.05, 0) is 44.6 Å². The Bertz CT molecular complexity index is 233. The monoisotopic (exact) mass is 316 g/mol. The molecule has 0 radical (unpaired) electrons. The average Bonchev–Trinajstić information content (AvgIpc) is 2.10. The number of hydrogen-bond donors (Lipinski definition) is 0. The Morgan fingerprint density at radius 3 is 2.67 bits per heavy atom. The van der Waals surface area contributed by atoms with E-state index in [1.807, 2.05) is 6.07 Å². The quantitative estimate of drug-likeness (QED) is 0.575. The molecule has 1 heterocycles. The zero-order valence-corrected chi connectivity index (χ0v) is 8.79. The third kappa shape index (κ3) is 1.75. The molecule has 4 heteroatoms. The third-order valence-electron chi connectivity index (χ3n) is 0.810. The van der Waals surface area contributed by atoms with Crippen LogP contribution in [0.1, 0.15) is 10.4 Å². The van der Waals surface area contributed by atoms with Gasteiger partial charge in [-0.2, -0.15) is 0 Å². The van der Waals surface area contributed by atoms with Gasteiger partial charge in [-0.1, -0.05) is 0 Å². The van der Waals surface area contributed by atoms with E-state index in [2.05, 4.69) is 38.5 Å². The maximum atomic E-state index is 10.2. The zero-order valence-electron chi connectivity index (χ0n) is 4.23. The van der Waals surface area contributed by atoms with Crippen LogP contribution >= 0.6 is 49.9 Å². The highest BCUT2D eigenvalue weighted by Gasteiger charge is 2.01. The van der Waals surface area contributed by atoms with E-state index < -0.39 is 0 Å². The normalized spacial score (nSPS) is 9.56. The first-order chi connectivity index (χ1) is 4.24. The van der Waals surface area contributed by atoms with Crippen LogP contribution < -0.4 is 0 Å². The summed E-state index contributed by atoms with van der Waals surface area (Å²) in [6.45, 7) is 0. The van der Waals surface area contributed by atoms with Crippen molar-refractivity contribution in [3.05, 3.63) is 18.3 Å². The summed E-state index contributed by atoms with van der Waals surface area (Å²) in [4.78, 5) is 10.2. The van der Waals surface area contributed by atoms with E-state index in [9.17, 15) is 4.79 Å². The fourth-order valence-electron chi connectivity index (χ4n) is 0.433. The van der Waals surface area contributed by atoms with Crippen LogP contribution in [0.25, 0.3) is 0 Å². The number of thiophene rings is 1. The summed E-state index contributed by atoms with van der Waals surface area (Å²) in [7, 11) is 0. The predicted octanol–water partition coefficient (Wildman–Crippen LogP) is 2.93. The highest BCUT2D eigenvalue weighted by Crippen LogP contribution is 2.26. The lowest BCUT2D eigenvalue weighted by atomic mass is 10.4. The smallest absolute Gasteiger partial charge is 0.152 e. The third-order valence-corrected chi connectivity index (χ3v) is 3.54. The van der Waals surface area contributed by atoms with Crippen molar-refractivity contribution in [3.8, 4) is 0 Å². The molecule has 0 aliphatic rings. The van der Waals surface area contributed by atoms with E-state index in [0.29, 0.717) is 0 Å². The molecule has 0 N–H and O–H groups in total. The molecule has 0 aromatic carbocycles. The summed E-state index contributed by atoms with van der Waals surface area (Å²) in [6.07, 6.45) is 0.864. The average molecular weight is 317 g/mol. The van der Waals surface area contributed by atoms with Crippen LogP contribution in [0.15, 0.2) is 9.85 Å². The zero-order chi connectivity index (χ0) is 6.85. The second-order valence-corrected chi connectivity index (χ2v) is 5.64. The molecule has 0 saturated carbocycles. The van der Waals surface area contributed by atoms with Crippen LogP contribution in [0, 0.1) is 2.88 Å². The van der Waals surface area contributed by atoms with Crippen molar-refractivity contribution in [2.75, 3.05) is 0 Å². The van der Waals surface area contributed by atoms with Gasteiger partial charge in [0.25, 0.3) is 0 Å². The highest BCUT2D eigenvalue weighted by atomic mass is 127. The molecule has 0 bridgehead atoms. The first kappa shape index (κ1) is 7.68. The fourth-order valence-corrected chi connectivity index (χ4v) is 3.65. The van der Waals surface area contributed by atoms with Gasteiger partial charge in [0.15, 0.2) is 6.29 Å². The molecule has 1 rings (SSSR count). The molecule has 0 atom stereocenters. The Morgan fingerprint density at radius 1 is 1.78 bits per heavy atom. The van der Waals surface area contributed by atoms with E-state index >= 15 is 0 Å².